The van der Waals surface area contributed by atoms with Crippen molar-refractivity contribution < 1.29 is 0 Å². The van der Waals surface area contributed by atoms with Gasteiger partial charge in [-0.05, 0) is 19.5 Å². The van der Waals surface area contributed by atoms with Crippen LogP contribution in [0.25, 0.3) is 0 Å². The van der Waals surface area contributed by atoms with Crippen molar-refractivity contribution in [1.82, 2.24) is 21.3 Å². The molecular formula is C9H21N4. The highest BCUT2D eigenvalue weighted by Gasteiger charge is 2.07. The minimum Gasteiger partial charge on any atom is -0.315 e. The lowest BCUT2D eigenvalue weighted by molar-refractivity contribution is 0.238. The van der Waals surface area contributed by atoms with Crippen LogP contribution in [0.1, 0.15) is 6.42 Å². The molecule has 0 saturated carbocycles. The second-order valence-corrected chi connectivity index (χ2v) is 3.45. The van der Waals surface area contributed by atoms with E-state index in [0.29, 0.717) is 6.54 Å². The van der Waals surface area contributed by atoms with Gasteiger partial charge in [0.15, 0.2) is 0 Å². The molecule has 4 nitrogen and oxygen atoms in total. The zero-order valence-electron chi connectivity index (χ0n) is 8.31. The maximum atomic E-state index is 6.95. The normalized spacial score (nSPS) is 19.2. The van der Waals surface area contributed by atoms with Gasteiger partial charge in [0.2, 0.25) is 0 Å². The minimum atomic E-state index is 0.494. The van der Waals surface area contributed by atoms with E-state index in [4.69, 9.17) is 5.73 Å². The zero-order chi connectivity index (χ0) is 9.36. The van der Waals surface area contributed by atoms with Gasteiger partial charge in [-0.25, -0.2) is 0 Å². The van der Waals surface area contributed by atoms with Crippen LogP contribution >= 0.6 is 0 Å². The first-order valence-electron chi connectivity index (χ1n) is 5.22. The fourth-order valence-electron chi connectivity index (χ4n) is 1.58. The third-order valence-corrected chi connectivity index (χ3v) is 2.34. The van der Waals surface area contributed by atoms with Crippen molar-refractivity contribution in [1.29, 1.82) is 0 Å². The summed E-state index contributed by atoms with van der Waals surface area (Å²) in [6.07, 6.45) is 1.21. The topological polar surface area (TPSA) is 51.1 Å². The van der Waals surface area contributed by atoms with Crippen molar-refractivity contribution >= 4 is 0 Å². The van der Waals surface area contributed by atoms with Crippen LogP contribution in [0.5, 0.6) is 0 Å². The Labute approximate surface area is 80.9 Å². The summed E-state index contributed by atoms with van der Waals surface area (Å²) >= 11 is 0. The molecule has 3 N–H and O–H groups in total. The lowest BCUT2D eigenvalue weighted by atomic mass is 10.3. The lowest BCUT2D eigenvalue weighted by Gasteiger charge is -2.27. The summed E-state index contributed by atoms with van der Waals surface area (Å²) in [5.41, 5.74) is 6.95. The van der Waals surface area contributed by atoms with Gasteiger partial charge in [-0.15, -0.1) is 0 Å². The van der Waals surface area contributed by atoms with Crippen molar-refractivity contribution in [2.24, 2.45) is 0 Å². The smallest absolute Gasteiger partial charge is 0.0225 e. The van der Waals surface area contributed by atoms with Crippen molar-refractivity contribution in [3.05, 3.63) is 0 Å². The van der Waals surface area contributed by atoms with Crippen LogP contribution in [-0.2, 0) is 0 Å². The molecular weight excluding hydrogens is 164 g/mol. The van der Waals surface area contributed by atoms with Crippen molar-refractivity contribution in [3.63, 3.8) is 0 Å². The van der Waals surface area contributed by atoms with Crippen LogP contribution < -0.4 is 16.4 Å². The van der Waals surface area contributed by atoms with Gasteiger partial charge < -0.3 is 15.5 Å². The van der Waals surface area contributed by atoms with E-state index in [2.05, 4.69) is 15.5 Å². The summed E-state index contributed by atoms with van der Waals surface area (Å²) in [6, 6.07) is 0. The van der Waals surface area contributed by atoms with E-state index in [1.807, 2.05) is 0 Å². The third kappa shape index (κ3) is 5.21. The monoisotopic (exact) mass is 185 g/mol. The number of nitrogens with zero attached hydrogens (tertiary/aromatic N) is 1. The molecule has 13 heavy (non-hydrogen) atoms. The third-order valence-electron chi connectivity index (χ3n) is 2.34. The maximum absolute atomic E-state index is 6.95. The minimum absolute atomic E-state index is 0.494. The average molecular weight is 185 g/mol. The molecule has 77 valence electrons. The molecule has 0 aromatic carbocycles. The maximum Gasteiger partial charge on any atom is 0.0225 e. The fraction of sp³-hybridized carbons (Fsp3) is 1.00. The Morgan fingerprint density at radius 1 is 1.23 bits per heavy atom. The standard InChI is InChI=1S/C9H21N4/c10-2-4-11-3-1-7-13-8-5-12-6-9-13/h10-12H,1-9H2. The molecule has 1 aliphatic rings. The van der Waals surface area contributed by atoms with Crippen LogP contribution in [0, 0.1) is 0 Å². The van der Waals surface area contributed by atoms with Gasteiger partial charge in [0.1, 0.15) is 0 Å². The highest BCUT2D eigenvalue weighted by atomic mass is 15.2. The first kappa shape index (κ1) is 10.9. The van der Waals surface area contributed by atoms with Gasteiger partial charge in [0, 0.05) is 39.3 Å². The van der Waals surface area contributed by atoms with E-state index >= 15 is 0 Å². The Morgan fingerprint density at radius 2 is 2.00 bits per heavy atom. The van der Waals surface area contributed by atoms with E-state index < -0.39 is 0 Å². The summed E-state index contributed by atoms with van der Waals surface area (Å²) < 4.78 is 0. The molecule has 1 saturated heterocycles. The predicted molar refractivity (Wildman–Crippen MR) is 54.8 cm³/mol. The fourth-order valence-corrected chi connectivity index (χ4v) is 1.58. The SMILES string of the molecule is [NH]CCNCCCN1CCNCC1. The molecule has 0 aromatic rings. The van der Waals surface area contributed by atoms with E-state index in [1.54, 1.807) is 0 Å². The zero-order valence-corrected chi connectivity index (χ0v) is 8.31. The molecule has 0 unspecified atom stereocenters. The van der Waals surface area contributed by atoms with Crippen molar-refractivity contribution in [3.8, 4) is 0 Å². The molecule has 4 heteroatoms. The molecule has 0 atom stereocenters. The summed E-state index contributed by atoms with van der Waals surface area (Å²) in [4.78, 5) is 2.50. The van der Waals surface area contributed by atoms with Gasteiger partial charge in [-0.1, -0.05) is 0 Å². The second-order valence-electron chi connectivity index (χ2n) is 3.45. The average Bonchev–Trinajstić information content (AvgIpc) is 2.19. The Hall–Kier alpha value is -0.160. The summed E-state index contributed by atoms with van der Waals surface area (Å²) in [5, 5.41) is 6.59. The Kier molecular flexibility index (Phi) is 6.10. The lowest BCUT2D eigenvalue weighted by Crippen LogP contribution is -2.44. The highest BCUT2D eigenvalue weighted by Crippen LogP contribution is 1.93. The van der Waals surface area contributed by atoms with Gasteiger partial charge in [0.25, 0.3) is 0 Å². The molecule has 1 aliphatic heterocycles. The van der Waals surface area contributed by atoms with Crippen LogP contribution in [0.15, 0.2) is 0 Å². The van der Waals surface area contributed by atoms with E-state index in [1.165, 1.54) is 26.1 Å². The molecule has 0 bridgehead atoms. The number of rotatable bonds is 6. The van der Waals surface area contributed by atoms with Crippen LogP contribution in [-0.4, -0.2) is 57.3 Å². The first-order chi connectivity index (χ1) is 6.43. The number of nitrogens with one attached hydrogen (secondary N) is 3. The molecule has 0 aliphatic carbocycles. The van der Waals surface area contributed by atoms with Gasteiger partial charge in [-0.3, -0.25) is 5.73 Å². The van der Waals surface area contributed by atoms with Gasteiger partial charge in [-0.2, -0.15) is 0 Å². The highest BCUT2D eigenvalue weighted by molar-refractivity contribution is 4.67. The molecule has 0 spiro atoms. The van der Waals surface area contributed by atoms with Gasteiger partial charge in [0.05, 0.1) is 0 Å². The first-order valence-corrected chi connectivity index (χ1v) is 5.22. The number of hydrogen-bond donors (Lipinski definition) is 2. The second kappa shape index (κ2) is 7.26. The molecule has 0 amide bonds. The Morgan fingerprint density at radius 3 is 2.69 bits per heavy atom. The summed E-state index contributed by atoms with van der Waals surface area (Å²) in [6.45, 7) is 8.25. The molecule has 1 fully saturated rings. The molecule has 1 rings (SSSR count). The van der Waals surface area contributed by atoms with Crippen molar-refractivity contribution in [2.75, 3.05) is 52.4 Å². The van der Waals surface area contributed by atoms with Crippen LogP contribution in [0.3, 0.4) is 0 Å². The van der Waals surface area contributed by atoms with Crippen LogP contribution in [0.2, 0.25) is 0 Å². The molecule has 0 aromatic heterocycles. The van der Waals surface area contributed by atoms with Gasteiger partial charge >= 0.3 is 0 Å². The summed E-state index contributed by atoms with van der Waals surface area (Å²) in [5.74, 6) is 0. The number of piperazine rings is 1. The largest absolute Gasteiger partial charge is 0.315 e. The predicted octanol–water partition coefficient (Wildman–Crippen LogP) is -0.846. The number of hydrogen-bond acceptors (Lipinski definition) is 3. The summed E-state index contributed by atoms with van der Waals surface area (Å²) in [7, 11) is 0. The molecule has 1 heterocycles. The van der Waals surface area contributed by atoms with Crippen molar-refractivity contribution in [2.45, 2.75) is 6.42 Å². The Balaban J connectivity index is 1.86. The molecule has 1 radical (unpaired) electrons. The Bertz CT molecular complexity index is 112. The van der Waals surface area contributed by atoms with E-state index in [9.17, 15) is 0 Å². The van der Waals surface area contributed by atoms with E-state index in [-0.39, 0.29) is 0 Å². The van der Waals surface area contributed by atoms with E-state index in [0.717, 1.165) is 26.2 Å². The quantitative estimate of drug-likeness (QED) is 0.530. The van der Waals surface area contributed by atoms with Crippen LogP contribution in [0.4, 0.5) is 0 Å².